The number of aliphatic hydroxyl groups excluding tert-OH is 1. The molecule has 0 saturated heterocycles. The third kappa shape index (κ3) is 14.0. The number of hydrogen-bond acceptors (Lipinski definition) is 6. The van der Waals surface area contributed by atoms with Crippen molar-refractivity contribution in [2.45, 2.75) is 40.2 Å². The van der Waals surface area contributed by atoms with E-state index in [2.05, 4.69) is 0 Å². The van der Waals surface area contributed by atoms with Gasteiger partial charge in [0.2, 0.25) is 11.6 Å². The van der Waals surface area contributed by atoms with Crippen molar-refractivity contribution in [3.63, 3.8) is 0 Å². The second kappa shape index (κ2) is 13.3. The second-order valence-electron chi connectivity index (χ2n) is 3.52. The molecule has 20 heavy (non-hydrogen) atoms. The highest BCUT2D eigenvalue weighted by Gasteiger charge is 2.23. The van der Waals surface area contributed by atoms with Gasteiger partial charge in [0.15, 0.2) is 0 Å². The summed E-state index contributed by atoms with van der Waals surface area (Å²) in [4.78, 5) is 48.8. The Morgan fingerprint density at radius 3 is 1.45 bits per heavy atom. The molecule has 0 saturated carbocycles. The van der Waals surface area contributed by atoms with Gasteiger partial charge in [-0.1, -0.05) is 13.8 Å². The molecule has 0 amide bonds. The van der Waals surface area contributed by atoms with Crippen molar-refractivity contribution in [3.8, 4) is 0 Å². The molecule has 0 spiro atoms. The number of carboxylic acids is 2. The Kier molecular flexibility index (Phi) is 15.4. The van der Waals surface area contributed by atoms with E-state index in [9.17, 15) is 19.2 Å². The van der Waals surface area contributed by atoms with Gasteiger partial charge >= 0.3 is 11.9 Å². The minimum atomic E-state index is -1.49. The number of aliphatic carboxylic acids is 2. The van der Waals surface area contributed by atoms with E-state index in [-0.39, 0.29) is 6.42 Å². The largest absolute Gasteiger partial charge is 0.476 e. The maximum atomic E-state index is 10.5. The Labute approximate surface area is 116 Å². The first kappa shape index (κ1) is 23.0. The lowest BCUT2D eigenvalue weighted by molar-refractivity contribution is -0.152. The van der Waals surface area contributed by atoms with Crippen LogP contribution in [0.1, 0.15) is 34.1 Å². The molecule has 0 aliphatic carbocycles. The molecule has 8 nitrogen and oxygen atoms in total. The van der Waals surface area contributed by atoms with Gasteiger partial charge in [-0.15, -0.1) is 0 Å². The van der Waals surface area contributed by atoms with Crippen molar-refractivity contribution in [1.29, 1.82) is 0 Å². The molecule has 0 aromatic rings. The molecule has 0 aromatic carbocycles. The smallest absolute Gasteiger partial charge is 0.372 e. The molecule has 0 fully saturated rings. The standard InChI is InChI=1S/C6H10O4.C4H6O3.C2H4O/c1-3(4(2)7)5(8)6(9)10;1-2-3(5)4(6)7;1-2-3/h3-4,7H,1-2H3,(H,9,10);2H2,1H3,(H,6,7);2H,1H3. The summed E-state index contributed by atoms with van der Waals surface area (Å²) in [7, 11) is 0. The zero-order valence-corrected chi connectivity index (χ0v) is 11.8. The summed E-state index contributed by atoms with van der Waals surface area (Å²) in [6.07, 6.45) is -0.0707. The van der Waals surface area contributed by atoms with Crippen LogP contribution < -0.4 is 0 Å². The number of hydrogen-bond donors (Lipinski definition) is 3. The fourth-order valence-electron chi connectivity index (χ4n) is 0.565. The summed E-state index contributed by atoms with van der Waals surface area (Å²) in [6.45, 7) is 5.71. The van der Waals surface area contributed by atoms with Gasteiger partial charge in [0.1, 0.15) is 6.29 Å². The average Bonchev–Trinajstić information content (AvgIpc) is 2.37. The molecule has 0 radical (unpaired) electrons. The molecule has 3 N–H and O–H groups in total. The number of rotatable bonds is 5. The number of ketones is 2. The summed E-state index contributed by atoms with van der Waals surface area (Å²) >= 11 is 0. The highest BCUT2D eigenvalue weighted by atomic mass is 16.4. The van der Waals surface area contributed by atoms with Crippen LogP contribution in [0.2, 0.25) is 0 Å². The Bertz CT molecular complexity index is 345. The van der Waals surface area contributed by atoms with Gasteiger partial charge in [-0.25, -0.2) is 9.59 Å². The van der Waals surface area contributed by atoms with Crippen LogP contribution in [0.15, 0.2) is 0 Å². The summed E-state index contributed by atoms with van der Waals surface area (Å²) in [5.41, 5.74) is 0. The van der Waals surface area contributed by atoms with Crippen molar-refractivity contribution in [3.05, 3.63) is 0 Å². The van der Waals surface area contributed by atoms with Crippen LogP contribution in [0, 0.1) is 5.92 Å². The lowest BCUT2D eigenvalue weighted by Gasteiger charge is -2.08. The predicted octanol–water partition coefficient (Wildman–Crippen LogP) is -0.0877. The van der Waals surface area contributed by atoms with Gasteiger partial charge in [-0.2, -0.15) is 0 Å². The van der Waals surface area contributed by atoms with E-state index >= 15 is 0 Å². The van der Waals surface area contributed by atoms with Crippen LogP contribution >= 0.6 is 0 Å². The third-order valence-electron chi connectivity index (χ3n) is 1.91. The summed E-state index contributed by atoms with van der Waals surface area (Å²) in [6, 6.07) is 0. The first-order chi connectivity index (χ1) is 9.06. The van der Waals surface area contributed by atoms with Crippen LogP contribution in [-0.2, 0) is 24.0 Å². The Morgan fingerprint density at radius 1 is 1.05 bits per heavy atom. The molecule has 116 valence electrons. The third-order valence-corrected chi connectivity index (χ3v) is 1.91. The molecule has 2 unspecified atom stereocenters. The lowest BCUT2D eigenvalue weighted by atomic mass is 10.0. The first-order valence-corrected chi connectivity index (χ1v) is 5.67. The molecule has 0 aliphatic rings. The van der Waals surface area contributed by atoms with Crippen molar-refractivity contribution < 1.29 is 39.3 Å². The maximum absolute atomic E-state index is 10.5. The van der Waals surface area contributed by atoms with Crippen LogP contribution in [0.5, 0.6) is 0 Å². The highest BCUT2D eigenvalue weighted by molar-refractivity contribution is 6.33. The van der Waals surface area contributed by atoms with Gasteiger partial charge in [0.25, 0.3) is 0 Å². The van der Waals surface area contributed by atoms with Gasteiger partial charge < -0.3 is 20.1 Å². The number of Topliss-reactive ketones (excluding diaryl/α,β-unsaturated/α-hetero) is 2. The topological polar surface area (TPSA) is 146 Å². The number of carbonyl (C=O) groups excluding carboxylic acids is 3. The normalized spacial score (nSPS) is 11.4. The minimum Gasteiger partial charge on any atom is -0.476 e. The molecule has 2 atom stereocenters. The predicted molar refractivity (Wildman–Crippen MR) is 68.2 cm³/mol. The quantitative estimate of drug-likeness (QED) is 0.470. The summed E-state index contributed by atoms with van der Waals surface area (Å²) in [5, 5.41) is 24.7. The first-order valence-electron chi connectivity index (χ1n) is 5.67. The maximum Gasteiger partial charge on any atom is 0.372 e. The van der Waals surface area contributed by atoms with Gasteiger partial charge in [-0.3, -0.25) is 9.59 Å². The average molecular weight is 292 g/mol. The SMILES string of the molecule is CC(O)C(C)C(=O)C(=O)O.CC=O.CCC(=O)C(=O)O. The van der Waals surface area contributed by atoms with E-state index in [4.69, 9.17) is 20.1 Å². The van der Waals surface area contributed by atoms with Crippen LogP contribution in [0.25, 0.3) is 0 Å². The van der Waals surface area contributed by atoms with Gasteiger partial charge in [0, 0.05) is 6.42 Å². The van der Waals surface area contributed by atoms with Gasteiger partial charge in [-0.05, 0) is 13.8 Å². The monoisotopic (exact) mass is 292 g/mol. The number of aliphatic hydroxyl groups is 1. The molecule has 0 aliphatic heterocycles. The van der Waals surface area contributed by atoms with Crippen LogP contribution in [-0.4, -0.2) is 51.2 Å². The zero-order chi connectivity index (χ0) is 16.9. The molecular weight excluding hydrogens is 272 g/mol. The number of carbonyl (C=O) groups is 5. The highest BCUT2D eigenvalue weighted by Crippen LogP contribution is 2.02. The number of aldehydes is 1. The van der Waals surface area contributed by atoms with Crippen LogP contribution in [0.4, 0.5) is 0 Å². The Hall–Kier alpha value is -2.09. The summed E-state index contributed by atoms with van der Waals surface area (Å²) < 4.78 is 0. The lowest BCUT2D eigenvalue weighted by Crippen LogP contribution is -2.28. The second-order valence-corrected chi connectivity index (χ2v) is 3.52. The van der Waals surface area contributed by atoms with Crippen molar-refractivity contribution in [1.82, 2.24) is 0 Å². The van der Waals surface area contributed by atoms with E-state index in [1.165, 1.54) is 27.7 Å². The van der Waals surface area contributed by atoms with Gasteiger partial charge in [0.05, 0.1) is 12.0 Å². The summed E-state index contributed by atoms with van der Waals surface area (Å²) in [5.74, 6) is -5.34. The van der Waals surface area contributed by atoms with E-state index in [1.54, 1.807) is 0 Å². The molecule has 0 aromatic heterocycles. The van der Waals surface area contributed by atoms with Crippen molar-refractivity contribution in [2.24, 2.45) is 5.92 Å². The van der Waals surface area contributed by atoms with E-state index in [1.807, 2.05) is 0 Å². The zero-order valence-electron chi connectivity index (χ0n) is 11.8. The van der Waals surface area contributed by atoms with E-state index in [0.29, 0.717) is 0 Å². The fraction of sp³-hybridized carbons (Fsp3) is 0.583. The molecule has 0 rings (SSSR count). The van der Waals surface area contributed by atoms with Crippen molar-refractivity contribution >= 4 is 29.8 Å². The van der Waals surface area contributed by atoms with E-state index in [0.717, 1.165) is 6.29 Å². The fourth-order valence-corrected chi connectivity index (χ4v) is 0.565. The Balaban J connectivity index is -0.000000251. The van der Waals surface area contributed by atoms with Crippen LogP contribution in [0.3, 0.4) is 0 Å². The molecular formula is C12H20O8. The molecule has 0 heterocycles. The van der Waals surface area contributed by atoms with Crippen molar-refractivity contribution in [2.75, 3.05) is 0 Å². The Morgan fingerprint density at radius 2 is 1.40 bits per heavy atom. The molecule has 0 bridgehead atoms. The van der Waals surface area contributed by atoms with E-state index < -0.39 is 35.5 Å². The molecule has 8 heteroatoms. The number of carboxylic acid groups (broad SMARTS) is 2. The minimum absolute atomic E-state index is 0.0787.